The third-order valence-electron chi connectivity index (χ3n) is 6.41. The number of esters is 1. The van der Waals surface area contributed by atoms with Crippen molar-refractivity contribution in [2.45, 2.75) is 19.8 Å². The molecule has 1 aliphatic heterocycles. The number of amides is 1. The first-order valence-corrected chi connectivity index (χ1v) is 12.1. The van der Waals surface area contributed by atoms with E-state index < -0.39 is 0 Å². The summed E-state index contributed by atoms with van der Waals surface area (Å²) in [6, 6.07) is 21.1. The van der Waals surface area contributed by atoms with Gasteiger partial charge in [0.05, 0.1) is 31.0 Å². The predicted molar refractivity (Wildman–Crippen MR) is 136 cm³/mol. The number of methoxy groups -OCH3 is 1. The average molecular weight is 485 g/mol. The summed E-state index contributed by atoms with van der Waals surface area (Å²) in [6.45, 7) is 3.02. The number of rotatable bonds is 6. The standard InChI is InChI=1S/C28H28N4O4/c1-3-36-28(34)21-12-8-14-31(18-21)27(33)24-16-25(20-11-7-13-22(15-20)35-2)32-26(29-24)17-23(30-32)19-9-5-4-6-10-19/h4-7,9-11,13,15-17,21H,3,8,12,14,18H2,1-2H3/t21-/m0/s1. The highest BCUT2D eigenvalue weighted by Crippen LogP contribution is 2.28. The molecule has 0 radical (unpaired) electrons. The maximum atomic E-state index is 13.6. The SMILES string of the molecule is CCOC(=O)[C@H]1CCCN(C(=O)c2cc(-c3cccc(OC)c3)n3nc(-c4ccccc4)cc3n2)C1. The average Bonchev–Trinajstić information content (AvgIpc) is 3.37. The summed E-state index contributed by atoms with van der Waals surface area (Å²) in [4.78, 5) is 32.3. The lowest BCUT2D eigenvalue weighted by molar-refractivity contribution is -0.149. The second kappa shape index (κ2) is 10.2. The quantitative estimate of drug-likeness (QED) is 0.375. The van der Waals surface area contributed by atoms with Gasteiger partial charge in [-0.15, -0.1) is 0 Å². The monoisotopic (exact) mass is 484 g/mol. The molecule has 5 rings (SSSR count). The lowest BCUT2D eigenvalue weighted by Crippen LogP contribution is -2.43. The van der Waals surface area contributed by atoms with Gasteiger partial charge in [-0.1, -0.05) is 42.5 Å². The molecule has 1 aliphatic rings. The van der Waals surface area contributed by atoms with E-state index in [-0.39, 0.29) is 17.8 Å². The summed E-state index contributed by atoms with van der Waals surface area (Å²) in [7, 11) is 1.62. The highest BCUT2D eigenvalue weighted by molar-refractivity contribution is 5.94. The molecule has 0 N–H and O–H groups in total. The van der Waals surface area contributed by atoms with Crippen LogP contribution < -0.4 is 4.74 Å². The molecule has 4 aromatic rings. The molecule has 3 heterocycles. The Hall–Kier alpha value is -4.20. The second-order valence-electron chi connectivity index (χ2n) is 8.77. The van der Waals surface area contributed by atoms with Gasteiger partial charge in [-0.05, 0) is 38.0 Å². The second-order valence-corrected chi connectivity index (χ2v) is 8.77. The molecule has 0 unspecified atom stereocenters. The number of ether oxygens (including phenoxy) is 2. The zero-order valence-corrected chi connectivity index (χ0v) is 20.4. The van der Waals surface area contributed by atoms with Gasteiger partial charge in [-0.25, -0.2) is 9.50 Å². The molecule has 2 aromatic heterocycles. The zero-order chi connectivity index (χ0) is 25.1. The third-order valence-corrected chi connectivity index (χ3v) is 6.41. The first kappa shape index (κ1) is 23.5. The minimum absolute atomic E-state index is 0.210. The van der Waals surface area contributed by atoms with Crippen LogP contribution in [-0.4, -0.2) is 58.2 Å². The molecule has 0 aliphatic carbocycles. The summed E-state index contributed by atoms with van der Waals surface area (Å²) in [5, 5.41) is 4.81. The van der Waals surface area contributed by atoms with E-state index in [9.17, 15) is 9.59 Å². The first-order chi connectivity index (χ1) is 17.6. The van der Waals surface area contributed by atoms with E-state index in [0.29, 0.717) is 43.2 Å². The van der Waals surface area contributed by atoms with Crippen LogP contribution >= 0.6 is 0 Å². The Morgan fingerprint density at radius 1 is 1.03 bits per heavy atom. The molecule has 8 nitrogen and oxygen atoms in total. The molecule has 36 heavy (non-hydrogen) atoms. The summed E-state index contributed by atoms with van der Waals surface area (Å²) in [6.07, 6.45) is 1.46. The Morgan fingerprint density at radius 3 is 2.61 bits per heavy atom. The van der Waals surface area contributed by atoms with Gasteiger partial charge < -0.3 is 14.4 Å². The molecule has 1 amide bonds. The van der Waals surface area contributed by atoms with Crippen molar-refractivity contribution in [2.24, 2.45) is 5.92 Å². The van der Waals surface area contributed by atoms with Crippen LogP contribution in [0, 0.1) is 5.92 Å². The summed E-state index contributed by atoms with van der Waals surface area (Å²) in [5.74, 6) is -0.0742. The summed E-state index contributed by atoms with van der Waals surface area (Å²) in [5.41, 5.74) is 4.17. The van der Waals surface area contributed by atoms with Crippen LogP contribution in [0.4, 0.5) is 0 Å². The lowest BCUT2D eigenvalue weighted by Gasteiger charge is -2.31. The van der Waals surface area contributed by atoms with Gasteiger partial charge in [0.15, 0.2) is 5.65 Å². The number of hydrogen-bond acceptors (Lipinski definition) is 6. The fraction of sp³-hybridized carbons (Fsp3) is 0.286. The van der Waals surface area contributed by atoms with Crippen molar-refractivity contribution in [1.82, 2.24) is 19.5 Å². The molecule has 1 saturated heterocycles. The molecule has 0 bridgehead atoms. The van der Waals surface area contributed by atoms with Crippen LogP contribution in [0.3, 0.4) is 0 Å². The van der Waals surface area contributed by atoms with Gasteiger partial charge in [0, 0.05) is 30.3 Å². The number of benzene rings is 2. The van der Waals surface area contributed by atoms with Crippen LogP contribution in [0.5, 0.6) is 5.75 Å². The maximum absolute atomic E-state index is 13.6. The summed E-state index contributed by atoms with van der Waals surface area (Å²) < 4.78 is 12.4. The largest absolute Gasteiger partial charge is 0.497 e. The molecule has 2 aromatic carbocycles. The molecule has 0 saturated carbocycles. The number of fused-ring (bicyclic) bond motifs is 1. The fourth-order valence-electron chi connectivity index (χ4n) is 4.60. The summed E-state index contributed by atoms with van der Waals surface area (Å²) >= 11 is 0. The minimum Gasteiger partial charge on any atom is -0.497 e. The van der Waals surface area contributed by atoms with Gasteiger partial charge in [-0.2, -0.15) is 5.10 Å². The van der Waals surface area contributed by atoms with Gasteiger partial charge in [0.1, 0.15) is 11.4 Å². The number of piperidine rings is 1. The Labute approximate surface area is 209 Å². The number of hydrogen-bond donors (Lipinski definition) is 0. The van der Waals surface area contributed by atoms with Crippen molar-refractivity contribution in [2.75, 3.05) is 26.8 Å². The minimum atomic E-state index is -0.316. The van der Waals surface area contributed by atoms with Crippen LogP contribution in [0.25, 0.3) is 28.2 Å². The highest BCUT2D eigenvalue weighted by Gasteiger charge is 2.31. The number of likely N-dealkylation sites (tertiary alicyclic amines) is 1. The Bertz CT molecular complexity index is 1400. The van der Waals surface area contributed by atoms with E-state index in [2.05, 4.69) is 0 Å². The van der Waals surface area contributed by atoms with Crippen molar-refractivity contribution in [3.63, 3.8) is 0 Å². The van der Waals surface area contributed by atoms with Crippen molar-refractivity contribution in [3.8, 4) is 28.3 Å². The van der Waals surface area contributed by atoms with E-state index >= 15 is 0 Å². The van der Waals surface area contributed by atoms with Crippen LogP contribution in [-0.2, 0) is 9.53 Å². The maximum Gasteiger partial charge on any atom is 0.310 e. The lowest BCUT2D eigenvalue weighted by atomic mass is 9.98. The van der Waals surface area contributed by atoms with Crippen molar-refractivity contribution < 1.29 is 19.1 Å². The fourth-order valence-corrected chi connectivity index (χ4v) is 4.60. The van der Waals surface area contributed by atoms with E-state index in [1.165, 1.54) is 0 Å². The molecule has 8 heteroatoms. The van der Waals surface area contributed by atoms with Crippen molar-refractivity contribution >= 4 is 17.5 Å². The van der Waals surface area contributed by atoms with Gasteiger partial charge in [0.25, 0.3) is 5.91 Å². The molecular weight excluding hydrogens is 456 g/mol. The number of nitrogens with zero attached hydrogens (tertiary/aromatic N) is 4. The van der Waals surface area contributed by atoms with Crippen molar-refractivity contribution in [1.29, 1.82) is 0 Å². The van der Waals surface area contributed by atoms with E-state index in [1.54, 1.807) is 29.5 Å². The molecule has 0 spiro atoms. The smallest absolute Gasteiger partial charge is 0.310 e. The highest BCUT2D eigenvalue weighted by atomic mass is 16.5. The Kier molecular flexibility index (Phi) is 6.66. The van der Waals surface area contributed by atoms with Crippen molar-refractivity contribution in [3.05, 3.63) is 72.4 Å². The third kappa shape index (κ3) is 4.66. The number of carbonyl (C=O) groups excluding carboxylic acids is 2. The van der Waals surface area contributed by atoms with E-state index in [0.717, 1.165) is 28.9 Å². The number of aromatic nitrogens is 3. The van der Waals surface area contributed by atoms with Gasteiger partial charge >= 0.3 is 5.97 Å². The molecule has 184 valence electrons. The Morgan fingerprint density at radius 2 is 1.83 bits per heavy atom. The van der Waals surface area contributed by atoms with Gasteiger partial charge in [-0.3, -0.25) is 9.59 Å². The predicted octanol–water partition coefficient (Wildman–Crippen LogP) is 4.49. The molecule has 1 atom stereocenters. The van der Waals surface area contributed by atoms with Crippen LogP contribution in [0.15, 0.2) is 66.7 Å². The molecular formula is C28H28N4O4. The normalized spacial score (nSPS) is 15.6. The van der Waals surface area contributed by atoms with Crippen LogP contribution in [0.2, 0.25) is 0 Å². The molecule has 1 fully saturated rings. The number of carbonyl (C=O) groups is 2. The zero-order valence-electron chi connectivity index (χ0n) is 20.4. The van der Waals surface area contributed by atoms with E-state index in [4.69, 9.17) is 19.6 Å². The van der Waals surface area contributed by atoms with Crippen LogP contribution in [0.1, 0.15) is 30.3 Å². The Balaban J connectivity index is 1.57. The first-order valence-electron chi connectivity index (χ1n) is 12.1. The topological polar surface area (TPSA) is 86.0 Å². The van der Waals surface area contributed by atoms with E-state index in [1.807, 2.05) is 60.7 Å². The van der Waals surface area contributed by atoms with Gasteiger partial charge in [0.2, 0.25) is 0 Å².